The smallest absolute Gasteiger partial charge is 0.221 e. The van der Waals surface area contributed by atoms with Crippen LogP contribution in [0.4, 0.5) is 11.8 Å². The summed E-state index contributed by atoms with van der Waals surface area (Å²) >= 11 is 0. The minimum Gasteiger partial charge on any atom is -0.369 e. The molecular weight excluding hydrogens is 212 g/mol. The van der Waals surface area contributed by atoms with Gasteiger partial charge in [0.15, 0.2) is 0 Å². The Labute approximate surface area is 103 Å². The second kappa shape index (κ2) is 4.90. The Bertz CT molecular complexity index is 383. The van der Waals surface area contributed by atoms with Crippen molar-refractivity contribution in [3.05, 3.63) is 11.8 Å². The Morgan fingerprint density at radius 3 is 2.76 bits per heavy atom. The summed E-state index contributed by atoms with van der Waals surface area (Å²) in [6, 6.07) is 0. The molecule has 4 heteroatoms. The van der Waals surface area contributed by atoms with Crippen molar-refractivity contribution in [1.29, 1.82) is 0 Å². The third-order valence-corrected chi connectivity index (χ3v) is 3.73. The molecule has 0 amide bonds. The zero-order chi connectivity index (χ0) is 12.3. The summed E-state index contributed by atoms with van der Waals surface area (Å²) in [5, 5.41) is 3.43. The maximum absolute atomic E-state index is 5.61. The lowest BCUT2D eigenvalue weighted by Gasteiger charge is -2.34. The number of hydrogen-bond acceptors (Lipinski definition) is 4. The summed E-state index contributed by atoms with van der Waals surface area (Å²) in [6.07, 6.45) is 8.47. The quantitative estimate of drug-likeness (QED) is 0.844. The fraction of sp³-hybridized carbons (Fsp3) is 0.692. The highest BCUT2D eigenvalue weighted by Gasteiger charge is 2.26. The predicted octanol–water partition coefficient (Wildman–Crippen LogP) is 2.75. The topological polar surface area (TPSA) is 63.8 Å². The van der Waals surface area contributed by atoms with Crippen molar-refractivity contribution in [3.8, 4) is 0 Å². The highest BCUT2D eigenvalue weighted by atomic mass is 15.1. The van der Waals surface area contributed by atoms with Crippen molar-refractivity contribution in [3.63, 3.8) is 0 Å². The molecule has 17 heavy (non-hydrogen) atoms. The van der Waals surface area contributed by atoms with E-state index in [-0.39, 0.29) is 0 Å². The van der Waals surface area contributed by atoms with Crippen LogP contribution in [0, 0.1) is 12.3 Å². The van der Waals surface area contributed by atoms with Crippen LogP contribution in [-0.2, 0) is 0 Å². The lowest BCUT2D eigenvalue weighted by molar-refractivity contribution is 0.233. The number of nitrogens with two attached hydrogens (primary N) is 1. The molecule has 0 unspecified atom stereocenters. The zero-order valence-electron chi connectivity index (χ0n) is 10.8. The number of nitrogens with zero attached hydrogens (tertiary/aromatic N) is 2. The first-order valence-corrected chi connectivity index (χ1v) is 6.42. The van der Waals surface area contributed by atoms with Gasteiger partial charge in [0.2, 0.25) is 5.95 Å². The highest BCUT2D eigenvalue weighted by molar-refractivity contribution is 5.45. The summed E-state index contributed by atoms with van der Waals surface area (Å²) in [7, 11) is 0. The van der Waals surface area contributed by atoms with E-state index in [2.05, 4.69) is 22.2 Å². The Balaban J connectivity index is 1.99. The maximum atomic E-state index is 5.61. The van der Waals surface area contributed by atoms with Crippen molar-refractivity contribution in [2.45, 2.75) is 46.0 Å². The van der Waals surface area contributed by atoms with E-state index in [9.17, 15) is 0 Å². The van der Waals surface area contributed by atoms with Gasteiger partial charge in [-0.25, -0.2) is 4.98 Å². The van der Waals surface area contributed by atoms with Crippen LogP contribution in [0.3, 0.4) is 0 Å². The molecule has 1 saturated carbocycles. The summed E-state index contributed by atoms with van der Waals surface area (Å²) in [6.45, 7) is 5.34. The average molecular weight is 234 g/mol. The molecule has 94 valence electrons. The largest absolute Gasteiger partial charge is 0.369 e. The molecule has 1 aromatic rings. The van der Waals surface area contributed by atoms with Crippen LogP contribution >= 0.6 is 0 Å². The molecule has 4 nitrogen and oxygen atoms in total. The molecule has 0 bridgehead atoms. The van der Waals surface area contributed by atoms with Crippen molar-refractivity contribution in [2.75, 3.05) is 17.6 Å². The second-order valence-corrected chi connectivity index (χ2v) is 5.48. The highest BCUT2D eigenvalue weighted by Crippen LogP contribution is 2.35. The van der Waals surface area contributed by atoms with E-state index >= 15 is 0 Å². The summed E-state index contributed by atoms with van der Waals surface area (Å²) in [5.74, 6) is 1.22. The standard InChI is InChI=1S/C13H22N4/c1-10-8-15-12(14)17-11(10)16-9-13(2)6-4-3-5-7-13/h8H,3-7,9H2,1-2H3,(H3,14,15,16,17). The molecule has 0 spiro atoms. The molecule has 3 N–H and O–H groups in total. The van der Waals surface area contributed by atoms with Gasteiger partial charge in [0.05, 0.1) is 0 Å². The van der Waals surface area contributed by atoms with E-state index < -0.39 is 0 Å². The van der Waals surface area contributed by atoms with E-state index in [1.165, 1.54) is 32.1 Å². The van der Waals surface area contributed by atoms with Crippen molar-refractivity contribution in [2.24, 2.45) is 5.41 Å². The Hall–Kier alpha value is -1.32. The Kier molecular flexibility index (Phi) is 3.50. The molecule has 1 aromatic heterocycles. The number of anilines is 2. The second-order valence-electron chi connectivity index (χ2n) is 5.48. The minimum absolute atomic E-state index is 0.340. The maximum Gasteiger partial charge on any atom is 0.221 e. The van der Waals surface area contributed by atoms with Crippen LogP contribution in [-0.4, -0.2) is 16.5 Å². The first-order valence-electron chi connectivity index (χ1n) is 6.42. The van der Waals surface area contributed by atoms with Crippen LogP contribution in [0.5, 0.6) is 0 Å². The molecule has 0 radical (unpaired) electrons. The molecule has 0 aromatic carbocycles. The van der Waals surface area contributed by atoms with E-state index in [1.54, 1.807) is 6.20 Å². The van der Waals surface area contributed by atoms with Gasteiger partial charge >= 0.3 is 0 Å². The van der Waals surface area contributed by atoms with Gasteiger partial charge < -0.3 is 11.1 Å². The minimum atomic E-state index is 0.340. The first-order chi connectivity index (χ1) is 8.09. The van der Waals surface area contributed by atoms with E-state index in [1.807, 2.05) is 6.92 Å². The van der Waals surface area contributed by atoms with Gasteiger partial charge in [-0.2, -0.15) is 4.98 Å². The van der Waals surface area contributed by atoms with Crippen molar-refractivity contribution in [1.82, 2.24) is 9.97 Å². The molecule has 1 heterocycles. The van der Waals surface area contributed by atoms with Gasteiger partial charge in [0.25, 0.3) is 0 Å². The third-order valence-electron chi connectivity index (χ3n) is 3.73. The Morgan fingerprint density at radius 2 is 2.06 bits per heavy atom. The summed E-state index contributed by atoms with van der Waals surface area (Å²) < 4.78 is 0. The number of aryl methyl sites for hydroxylation is 1. The average Bonchev–Trinajstić information content (AvgIpc) is 2.31. The Morgan fingerprint density at radius 1 is 1.35 bits per heavy atom. The molecular formula is C13H22N4. The molecule has 1 aliphatic rings. The van der Waals surface area contributed by atoms with E-state index in [0.717, 1.165) is 17.9 Å². The molecule has 1 aliphatic carbocycles. The first kappa shape index (κ1) is 12.1. The summed E-state index contributed by atoms with van der Waals surface area (Å²) in [5.41, 5.74) is 7.07. The van der Waals surface area contributed by atoms with Gasteiger partial charge in [0.1, 0.15) is 5.82 Å². The number of hydrogen-bond donors (Lipinski definition) is 2. The molecule has 2 rings (SSSR count). The SMILES string of the molecule is Cc1cnc(N)nc1NCC1(C)CCCCC1. The fourth-order valence-electron chi connectivity index (χ4n) is 2.51. The van der Waals surface area contributed by atoms with Crippen molar-refractivity contribution < 1.29 is 0 Å². The van der Waals surface area contributed by atoms with E-state index in [0.29, 0.717) is 11.4 Å². The van der Waals surface area contributed by atoms with Crippen LogP contribution < -0.4 is 11.1 Å². The lowest BCUT2D eigenvalue weighted by Crippen LogP contribution is -2.29. The van der Waals surface area contributed by atoms with Crippen LogP contribution in [0.1, 0.15) is 44.6 Å². The normalized spacial score (nSPS) is 18.9. The van der Waals surface area contributed by atoms with Crippen LogP contribution in [0.2, 0.25) is 0 Å². The molecule has 0 atom stereocenters. The zero-order valence-corrected chi connectivity index (χ0v) is 10.8. The predicted molar refractivity (Wildman–Crippen MR) is 70.9 cm³/mol. The number of aromatic nitrogens is 2. The van der Waals surface area contributed by atoms with Crippen molar-refractivity contribution >= 4 is 11.8 Å². The van der Waals surface area contributed by atoms with Gasteiger partial charge in [-0.3, -0.25) is 0 Å². The molecule has 0 saturated heterocycles. The van der Waals surface area contributed by atoms with Crippen LogP contribution in [0.15, 0.2) is 6.20 Å². The number of rotatable bonds is 3. The number of nitrogen functional groups attached to an aromatic ring is 1. The number of nitrogens with one attached hydrogen (secondary N) is 1. The van der Waals surface area contributed by atoms with Gasteiger partial charge in [-0.05, 0) is 25.2 Å². The van der Waals surface area contributed by atoms with E-state index in [4.69, 9.17) is 5.73 Å². The monoisotopic (exact) mass is 234 g/mol. The van der Waals surface area contributed by atoms with Crippen LogP contribution in [0.25, 0.3) is 0 Å². The van der Waals surface area contributed by atoms with Gasteiger partial charge in [-0.1, -0.05) is 26.2 Å². The molecule has 1 fully saturated rings. The molecule has 0 aliphatic heterocycles. The third kappa shape index (κ3) is 3.08. The summed E-state index contributed by atoms with van der Waals surface area (Å²) in [4.78, 5) is 8.22. The van der Waals surface area contributed by atoms with Gasteiger partial charge in [-0.15, -0.1) is 0 Å². The lowest BCUT2D eigenvalue weighted by atomic mass is 9.76. The van der Waals surface area contributed by atoms with Gasteiger partial charge in [0, 0.05) is 18.3 Å². The fourth-order valence-corrected chi connectivity index (χ4v) is 2.51.